The first-order valence-electron chi connectivity index (χ1n) is 4.14. The summed E-state index contributed by atoms with van der Waals surface area (Å²) in [5, 5.41) is 9.37. The SMILES string of the molecule is NC(=O)c1cc(=O)c2cc(O)ccc2o1. The Morgan fingerprint density at radius 3 is 2.73 bits per heavy atom. The van der Waals surface area contributed by atoms with Crippen molar-refractivity contribution in [3.63, 3.8) is 0 Å². The van der Waals surface area contributed by atoms with Gasteiger partial charge in [-0.25, -0.2) is 0 Å². The van der Waals surface area contributed by atoms with Crippen LogP contribution in [-0.2, 0) is 0 Å². The standard InChI is InChI=1S/C10H7NO4/c11-10(14)9-4-7(13)6-3-5(12)1-2-8(6)15-9/h1-4,12H,(H2,11,14). The Balaban J connectivity index is 2.84. The smallest absolute Gasteiger partial charge is 0.284 e. The van der Waals surface area contributed by atoms with Gasteiger partial charge in [0.05, 0.1) is 5.39 Å². The Kier molecular flexibility index (Phi) is 1.93. The summed E-state index contributed by atoms with van der Waals surface area (Å²) in [5.41, 5.74) is 4.78. The van der Waals surface area contributed by atoms with Crippen LogP contribution in [0.25, 0.3) is 11.0 Å². The molecule has 1 aromatic carbocycles. The average Bonchev–Trinajstić information content (AvgIpc) is 2.18. The van der Waals surface area contributed by atoms with Crippen LogP contribution < -0.4 is 11.2 Å². The molecule has 2 rings (SSSR count). The van der Waals surface area contributed by atoms with Crippen LogP contribution in [0.5, 0.6) is 5.75 Å². The van der Waals surface area contributed by atoms with Gasteiger partial charge in [-0.3, -0.25) is 9.59 Å². The van der Waals surface area contributed by atoms with Gasteiger partial charge in [0.2, 0.25) is 0 Å². The van der Waals surface area contributed by atoms with Crippen molar-refractivity contribution in [2.24, 2.45) is 5.73 Å². The van der Waals surface area contributed by atoms with E-state index in [4.69, 9.17) is 15.3 Å². The summed E-state index contributed by atoms with van der Waals surface area (Å²) in [6.45, 7) is 0. The van der Waals surface area contributed by atoms with Crippen LogP contribution >= 0.6 is 0 Å². The molecule has 1 amide bonds. The van der Waals surface area contributed by atoms with Crippen molar-refractivity contribution in [2.45, 2.75) is 0 Å². The Bertz CT molecular complexity index is 600. The number of rotatable bonds is 1. The number of carbonyl (C=O) groups is 1. The van der Waals surface area contributed by atoms with Crippen LogP contribution in [0.4, 0.5) is 0 Å². The third-order valence-corrected chi connectivity index (χ3v) is 1.95. The van der Waals surface area contributed by atoms with Gasteiger partial charge in [-0.2, -0.15) is 0 Å². The largest absolute Gasteiger partial charge is 0.508 e. The van der Waals surface area contributed by atoms with Gasteiger partial charge in [0.1, 0.15) is 11.3 Å². The van der Waals surface area contributed by atoms with E-state index in [9.17, 15) is 9.59 Å². The van der Waals surface area contributed by atoms with Crippen molar-refractivity contribution < 1.29 is 14.3 Å². The average molecular weight is 205 g/mol. The van der Waals surface area contributed by atoms with E-state index in [0.29, 0.717) is 0 Å². The number of nitrogens with two attached hydrogens (primary N) is 1. The lowest BCUT2D eigenvalue weighted by atomic mass is 10.2. The van der Waals surface area contributed by atoms with Crippen molar-refractivity contribution in [3.05, 3.63) is 40.2 Å². The molecule has 0 saturated heterocycles. The monoisotopic (exact) mass is 205 g/mol. The Morgan fingerprint density at radius 2 is 2.07 bits per heavy atom. The first kappa shape index (κ1) is 9.26. The summed E-state index contributed by atoms with van der Waals surface area (Å²) in [6, 6.07) is 5.03. The highest BCUT2D eigenvalue weighted by Crippen LogP contribution is 2.17. The maximum Gasteiger partial charge on any atom is 0.284 e. The molecule has 0 radical (unpaired) electrons. The van der Waals surface area contributed by atoms with Gasteiger partial charge in [-0.15, -0.1) is 0 Å². The molecule has 0 aliphatic carbocycles. The molecule has 15 heavy (non-hydrogen) atoms. The predicted octanol–water partition coefficient (Wildman–Crippen LogP) is 0.597. The van der Waals surface area contributed by atoms with E-state index in [1.807, 2.05) is 0 Å². The number of phenols is 1. The van der Waals surface area contributed by atoms with Gasteiger partial charge in [-0.1, -0.05) is 0 Å². The Labute approximate surface area is 83.7 Å². The number of carbonyl (C=O) groups excluding carboxylic acids is 1. The van der Waals surface area contributed by atoms with Gasteiger partial charge in [0.25, 0.3) is 5.91 Å². The molecule has 0 atom stereocenters. The molecule has 5 heteroatoms. The summed E-state index contributed by atoms with van der Waals surface area (Å²) in [7, 11) is 0. The summed E-state index contributed by atoms with van der Waals surface area (Å²) in [6.07, 6.45) is 0. The number of hydrogen-bond donors (Lipinski definition) is 2. The zero-order valence-corrected chi connectivity index (χ0v) is 7.56. The molecule has 1 aromatic heterocycles. The van der Waals surface area contributed by atoms with Gasteiger partial charge in [0, 0.05) is 6.07 Å². The van der Waals surface area contributed by atoms with Gasteiger partial charge < -0.3 is 15.3 Å². The van der Waals surface area contributed by atoms with E-state index < -0.39 is 11.3 Å². The maximum absolute atomic E-state index is 11.5. The predicted molar refractivity (Wildman–Crippen MR) is 52.7 cm³/mol. The highest BCUT2D eigenvalue weighted by atomic mass is 16.3. The number of phenolic OH excluding ortho intramolecular Hbond substituents is 1. The van der Waals surface area contributed by atoms with Crippen LogP contribution in [-0.4, -0.2) is 11.0 Å². The fraction of sp³-hybridized carbons (Fsp3) is 0. The van der Waals surface area contributed by atoms with Crippen molar-refractivity contribution in [3.8, 4) is 5.75 Å². The van der Waals surface area contributed by atoms with Crippen molar-refractivity contribution in [1.29, 1.82) is 0 Å². The zero-order valence-electron chi connectivity index (χ0n) is 7.56. The van der Waals surface area contributed by atoms with Gasteiger partial charge in [0.15, 0.2) is 11.2 Å². The number of primary amides is 1. The lowest BCUT2D eigenvalue weighted by Crippen LogP contribution is -2.14. The number of amides is 1. The third-order valence-electron chi connectivity index (χ3n) is 1.95. The first-order valence-corrected chi connectivity index (χ1v) is 4.14. The number of hydrogen-bond acceptors (Lipinski definition) is 4. The van der Waals surface area contributed by atoms with Crippen molar-refractivity contribution >= 4 is 16.9 Å². The summed E-state index contributed by atoms with van der Waals surface area (Å²) in [4.78, 5) is 22.3. The van der Waals surface area contributed by atoms with Gasteiger partial charge in [-0.05, 0) is 18.2 Å². The highest BCUT2D eigenvalue weighted by molar-refractivity contribution is 5.91. The minimum atomic E-state index is -0.804. The Hall–Kier alpha value is -2.30. The van der Waals surface area contributed by atoms with Crippen LogP contribution in [0.2, 0.25) is 0 Å². The van der Waals surface area contributed by atoms with Crippen LogP contribution in [0.3, 0.4) is 0 Å². The van der Waals surface area contributed by atoms with Gasteiger partial charge >= 0.3 is 0 Å². The molecule has 0 fully saturated rings. The van der Waals surface area contributed by atoms with E-state index in [-0.39, 0.29) is 22.5 Å². The van der Waals surface area contributed by atoms with Crippen molar-refractivity contribution in [2.75, 3.05) is 0 Å². The molecular formula is C10H7NO4. The quantitative estimate of drug-likeness (QED) is 0.712. The molecular weight excluding hydrogens is 198 g/mol. The summed E-state index contributed by atoms with van der Waals surface area (Å²) >= 11 is 0. The topological polar surface area (TPSA) is 93.5 Å². The Morgan fingerprint density at radius 1 is 1.33 bits per heavy atom. The number of benzene rings is 1. The second-order valence-corrected chi connectivity index (χ2v) is 3.02. The first-order chi connectivity index (χ1) is 7.08. The molecule has 0 spiro atoms. The van der Waals surface area contributed by atoms with E-state index in [1.165, 1.54) is 18.2 Å². The highest BCUT2D eigenvalue weighted by Gasteiger charge is 2.08. The number of aromatic hydroxyl groups is 1. The molecule has 2 aromatic rings. The normalized spacial score (nSPS) is 10.4. The van der Waals surface area contributed by atoms with E-state index >= 15 is 0 Å². The summed E-state index contributed by atoms with van der Waals surface area (Å²) < 4.78 is 5.07. The van der Waals surface area contributed by atoms with E-state index in [2.05, 4.69) is 0 Å². The zero-order chi connectivity index (χ0) is 11.0. The summed E-state index contributed by atoms with van der Waals surface area (Å²) in [5.74, 6) is -1.04. The molecule has 76 valence electrons. The molecule has 0 unspecified atom stereocenters. The minimum Gasteiger partial charge on any atom is -0.508 e. The van der Waals surface area contributed by atoms with E-state index in [0.717, 1.165) is 6.07 Å². The van der Waals surface area contributed by atoms with Crippen LogP contribution in [0.1, 0.15) is 10.6 Å². The maximum atomic E-state index is 11.5. The second-order valence-electron chi connectivity index (χ2n) is 3.02. The molecule has 1 heterocycles. The second kappa shape index (κ2) is 3.13. The fourth-order valence-electron chi connectivity index (χ4n) is 1.27. The van der Waals surface area contributed by atoms with E-state index in [1.54, 1.807) is 0 Å². The lowest BCUT2D eigenvalue weighted by Gasteiger charge is -1.99. The van der Waals surface area contributed by atoms with Crippen LogP contribution in [0, 0.1) is 0 Å². The minimum absolute atomic E-state index is 0.0402. The third kappa shape index (κ3) is 1.54. The molecule has 0 aliphatic heterocycles. The fourth-order valence-corrected chi connectivity index (χ4v) is 1.27. The van der Waals surface area contributed by atoms with Crippen molar-refractivity contribution in [1.82, 2.24) is 0 Å². The number of fused-ring (bicyclic) bond motifs is 1. The molecule has 5 nitrogen and oxygen atoms in total. The molecule has 0 bridgehead atoms. The molecule has 3 N–H and O–H groups in total. The molecule has 0 aliphatic rings. The lowest BCUT2D eigenvalue weighted by molar-refractivity contribution is 0.0974. The van der Waals surface area contributed by atoms with Crippen LogP contribution in [0.15, 0.2) is 33.5 Å². The molecule has 0 saturated carbocycles.